The highest BCUT2D eigenvalue weighted by atomic mass is 79.9. The van der Waals surface area contributed by atoms with Crippen molar-refractivity contribution in [3.63, 3.8) is 0 Å². The second kappa shape index (κ2) is 5.96. The maximum Gasteiger partial charge on any atom is 0.124 e. The van der Waals surface area contributed by atoms with Gasteiger partial charge >= 0.3 is 0 Å². The number of ether oxygens (including phenoxy) is 1. The number of benzene rings is 2. The molecule has 1 atom stereocenters. The Morgan fingerprint density at radius 2 is 1.50 bits per heavy atom. The molecule has 1 unspecified atom stereocenters. The van der Waals surface area contributed by atoms with E-state index in [0.29, 0.717) is 0 Å². The van der Waals surface area contributed by atoms with Crippen LogP contribution < -0.4 is 4.74 Å². The number of alkyl halides is 1. The summed E-state index contributed by atoms with van der Waals surface area (Å²) < 4.78 is 18.9. The number of methoxy groups -OCH3 is 1. The molecule has 0 saturated heterocycles. The molecule has 0 spiro atoms. The standard InChI is InChI=1S/C17H18BrFO/c1-10-5-13(9-15(19)6-10)16(18)14-7-11(2)17(20-4)12(3)8-14/h5-9,16H,1-4H3. The third-order valence-corrected chi connectivity index (χ3v) is 4.39. The molecule has 0 bridgehead atoms. The fourth-order valence-electron chi connectivity index (χ4n) is 2.56. The van der Waals surface area contributed by atoms with Crippen LogP contribution in [0.1, 0.15) is 32.6 Å². The van der Waals surface area contributed by atoms with E-state index in [1.165, 1.54) is 6.07 Å². The molecule has 20 heavy (non-hydrogen) atoms. The molecular weight excluding hydrogens is 319 g/mol. The summed E-state index contributed by atoms with van der Waals surface area (Å²) >= 11 is 3.67. The number of hydrogen-bond acceptors (Lipinski definition) is 1. The van der Waals surface area contributed by atoms with Gasteiger partial charge in [-0.05, 0) is 60.7 Å². The van der Waals surface area contributed by atoms with Crippen molar-refractivity contribution in [1.82, 2.24) is 0 Å². The highest BCUT2D eigenvalue weighted by molar-refractivity contribution is 9.09. The molecule has 2 rings (SSSR count). The van der Waals surface area contributed by atoms with Crippen molar-refractivity contribution in [2.24, 2.45) is 0 Å². The molecule has 0 aliphatic rings. The van der Waals surface area contributed by atoms with E-state index < -0.39 is 0 Å². The molecule has 0 fully saturated rings. The number of aryl methyl sites for hydroxylation is 3. The van der Waals surface area contributed by atoms with E-state index in [4.69, 9.17) is 4.74 Å². The Morgan fingerprint density at radius 3 is 2.00 bits per heavy atom. The molecule has 0 radical (unpaired) electrons. The summed E-state index contributed by atoms with van der Waals surface area (Å²) in [5.74, 6) is 0.704. The van der Waals surface area contributed by atoms with Gasteiger partial charge in [0.1, 0.15) is 11.6 Å². The predicted octanol–water partition coefficient (Wildman–Crippen LogP) is 5.24. The minimum atomic E-state index is -0.202. The van der Waals surface area contributed by atoms with Crippen LogP contribution in [0.25, 0.3) is 0 Å². The van der Waals surface area contributed by atoms with E-state index in [2.05, 4.69) is 28.1 Å². The van der Waals surface area contributed by atoms with Gasteiger partial charge in [-0.25, -0.2) is 4.39 Å². The van der Waals surface area contributed by atoms with Gasteiger partial charge in [0.15, 0.2) is 0 Å². The van der Waals surface area contributed by atoms with E-state index >= 15 is 0 Å². The third-order valence-electron chi connectivity index (χ3n) is 3.34. The van der Waals surface area contributed by atoms with Gasteiger partial charge in [-0.1, -0.05) is 34.1 Å². The molecule has 3 heteroatoms. The molecule has 106 valence electrons. The Kier molecular flexibility index (Phi) is 4.48. The maximum atomic E-state index is 13.5. The zero-order valence-electron chi connectivity index (χ0n) is 12.1. The monoisotopic (exact) mass is 336 g/mol. The number of halogens is 2. The lowest BCUT2D eigenvalue weighted by atomic mass is 9.98. The Morgan fingerprint density at radius 1 is 0.950 bits per heavy atom. The highest BCUT2D eigenvalue weighted by Gasteiger charge is 2.15. The third kappa shape index (κ3) is 3.04. The fourth-order valence-corrected chi connectivity index (χ4v) is 3.08. The molecule has 0 N–H and O–H groups in total. The van der Waals surface area contributed by atoms with E-state index in [0.717, 1.165) is 33.6 Å². The smallest absolute Gasteiger partial charge is 0.124 e. The predicted molar refractivity (Wildman–Crippen MR) is 84.4 cm³/mol. The first kappa shape index (κ1) is 15.0. The Hall–Kier alpha value is -1.35. The van der Waals surface area contributed by atoms with Crippen molar-refractivity contribution in [3.8, 4) is 5.75 Å². The minimum absolute atomic E-state index is 0.0276. The van der Waals surface area contributed by atoms with E-state index in [1.54, 1.807) is 13.2 Å². The van der Waals surface area contributed by atoms with Crippen LogP contribution in [-0.2, 0) is 0 Å². The molecule has 0 heterocycles. The van der Waals surface area contributed by atoms with Gasteiger partial charge in [0.25, 0.3) is 0 Å². The molecule has 0 aromatic heterocycles. The van der Waals surface area contributed by atoms with Crippen LogP contribution >= 0.6 is 15.9 Å². The van der Waals surface area contributed by atoms with Crippen LogP contribution in [0, 0.1) is 26.6 Å². The first-order valence-corrected chi connectivity index (χ1v) is 7.40. The van der Waals surface area contributed by atoms with Crippen LogP contribution in [0.5, 0.6) is 5.75 Å². The molecule has 0 saturated carbocycles. The average Bonchev–Trinajstić information content (AvgIpc) is 2.36. The molecular formula is C17H18BrFO. The second-order valence-electron chi connectivity index (χ2n) is 5.11. The van der Waals surface area contributed by atoms with Crippen molar-refractivity contribution in [1.29, 1.82) is 0 Å². The summed E-state index contributed by atoms with van der Waals surface area (Å²) in [6, 6.07) is 9.25. The summed E-state index contributed by atoms with van der Waals surface area (Å²) in [4.78, 5) is -0.0276. The Labute approximate surface area is 127 Å². The lowest BCUT2D eigenvalue weighted by Crippen LogP contribution is -1.98. The van der Waals surface area contributed by atoms with Crippen LogP contribution in [0.15, 0.2) is 30.3 Å². The number of rotatable bonds is 3. The summed E-state index contributed by atoms with van der Waals surface area (Å²) in [7, 11) is 1.68. The van der Waals surface area contributed by atoms with Gasteiger partial charge in [-0.2, -0.15) is 0 Å². The normalized spacial score (nSPS) is 12.3. The SMILES string of the molecule is COc1c(C)cc(C(Br)c2cc(C)cc(F)c2)cc1C. The zero-order valence-corrected chi connectivity index (χ0v) is 13.7. The van der Waals surface area contributed by atoms with Crippen LogP contribution in [0.3, 0.4) is 0 Å². The van der Waals surface area contributed by atoms with Crippen molar-refractivity contribution >= 4 is 15.9 Å². The summed E-state index contributed by atoms with van der Waals surface area (Å²) in [5.41, 5.74) is 5.11. The van der Waals surface area contributed by atoms with Crippen molar-refractivity contribution in [2.75, 3.05) is 7.11 Å². The summed E-state index contributed by atoms with van der Waals surface area (Å²) in [6.45, 7) is 5.94. The van der Waals surface area contributed by atoms with Gasteiger partial charge in [-0.15, -0.1) is 0 Å². The van der Waals surface area contributed by atoms with Crippen molar-refractivity contribution in [3.05, 3.63) is 64.0 Å². The van der Waals surface area contributed by atoms with Crippen LogP contribution in [0.4, 0.5) is 4.39 Å². The van der Waals surface area contributed by atoms with Gasteiger partial charge in [0.05, 0.1) is 11.9 Å². The van der Waals surface area contributed by atoms with E-state index in [1.807, 2.05) is 26.8 Å². The maximum absolute atomic E-state index is 13.5. The summed E-state index contributed by atoms with van der Waals surface area (Å²) in [5, 5.41) is 0. The van der Waals surface area contributed by atoms with Gasteiger partial charge in [-0.3, -0.25) is 0 Å². The van der Waals surface area contributed by atoms with Gasteiger partial charge in [0.2, 0.25) is 0 Å². The van der Waals surface area contributed by atoms with Crippen molar-refractivity contribution < 1.29 is 9.13 Å². The Bertz CT molecular complexity index is 594. The molecule has 0 amide bonds. The quantitative estimate of drug-likeness (QED) is 0.696. The van der Waals surface area contributed by atoms with Gasteiger partial charge in [0, 0.05) is 0 Å². The molecule has 0 aliphatic heterocycles. The topological polar surface area (TPSA) is 9.23 Å². The zero-order chi connectivity index (χ0) is 14.9. The molecule has 2 aromatic carbocycles. The average molecular weight is 337 g/mol. The number of hydrogen-bond donors (Lipinski definition) is 0. The first-order chi connectivity index (χ1) is 9.42. The van der Waals surface area contributed by atoms with Crippen molar-refractivity contribution in [2.45, 2.75) is 25.6 Å². The van der Waals surface area contributed by atoms with E-state index in [9.17, 15) is 4.39 Å². The first-order valence-electron chi connectivity index (χ1n) is 6.48. The molecule has 1 nitrogen and oxygen atoms in total. The highest BCUT2D eigenvalue weighted by Crippen LogP contribution is 2.35. The lowest BCUT2D eigenvalue weighted by molar-refractivity contribution is 0.408. The minimum Gasteiger partial charge on any atom is -0.496 e. The fraction of sp³-hybridized carbons (Fsp3) is 0.294. The second-order valence-corrected chi connectivity index (χ2v) is 6.03. The van der Waals surface area contributed by atoms with Crippen LogP contribution in [-0.4, -0.2) is 7.11 Å². The van der Waals surface area contributed by atoms with Crippen LogP contribution in [0.2, 0.25) is 0 Å². The molecule has 0 aliphatic carbocycles. The molecule has 2 aromatic rings. The van der Waals surface area contributed by atoms with E-state index in [-0.39, 0.29) is 10.6 Å². The Balaban J connectivity index is 2.45. The lowest BCUT2D eigenvalue weighted by Gasteiger charge is -2.16. The summed E-state index contributed by atoms with van der Waals surface area (Å²) in [6.07, 6.45) is 0. The van der Waals surface area contributed by atoms with Gasteiger partial charge < -0.3 is 4.74 Å². The largest absolute Gasteiger partial charge is 0.496 e.